The molecule has 2 aromatic rings. The molecule has 0 radical (unpaired) electrons. The lowest BCUT2D eigenvalue weighted by Crippen LogP contribution is -2.53. The van der Waals surface area contributed by atoms with E-state index in [1.165, 1.54) is 6.26 Å². The minimum absolute atomic E-state index is 0.0334. The molecule has 0 saturated carbocycles. The lowest BCUT2D eigenvalue weighted by molar-refractivity contribution is 0.150. The molecule has 1 aromatic heterocycles. The number of likely N-dealkylation sites (N-methyl/N-ethyl adjacent to an activating group) is 1. The first-order valence-corrected chi connectivity index (χ1v) is 8.68. The molecule has 2 heterocycles. The first-order valence-electron chi connectivity index (χ1n) is 7.24. The quantitative estimate of drug-likeness (QED) is 0.872. The molecule has 0 N–H and O–H groups in total. The normalized spacial score (nSPS) is 21.9. The van der Waals surface area contributed by atoms with Crippen LogP contribution in [0.25, 0.3) is 11.0 Å². The van der Waals surface area contributed by atoms with Crippen molar-refractivity contribution in [3.63, 3.8) is 0 Å². The maximum Gasteiger partial charge on any atom is 0.247 e. The molecule has 1 atom stereocenters. The molecule has 1 unspecified atom stereocenters. The summed E-state index contributed by atoms with van der Waals surface area (Å²) in [5.74, 6) is 0. The minimum atomic E-state index is -3.53. The van der Waals surface area contributed by atoms with Crippen LogP contribution in [-0.4, -0.2) is 49.8 Å². The first-order chi connectivity index (χ1) is 10.0. The van der Waals surface area contributed by atoms with Crippen molar-refractivity contribution in [3.05, 3.63) is 30.5 Å². The van der Waals surface area contributed by atoms with Crippen molar-refractivity contribution in [2.75, 3.05) is 26.2 Å². The molecule has 0 aliphatic carbocycles. The van der Waals surface area contributed by atoms with Crippen LogP contribution in [0.3, 0.4) is 0 Å². The first kappa shape index (κ1) is 14.6. The third-order valence-electron chi connectivity index (χ3n) is 4.13. The van der Waals surface area contributed by atoms with E-state index >= 15 is 0 Å². The van der Waals surface area contributed by atoms with Crippen LogP contribution < -0.4 is 0 Å². The second-order valence-electron chi connectivity index (χ2n) is 5.45. The summed E-state index contributed by atoms with van der Waals surface area (Å²) in [4.78, 5) is 2.53. The van der Waals surface area contributed by atoms with E-state index in [-0.39, 0.29) is 10.9 Å². The highest BCUT2D eigenvalue weighted by molar-refractivity contribution is 7.89. The van der Waals surface area contributed by atoms with Gasteiger partial charge in [-0.1, -0.05) is 19.1 Å². The van der Waals surface area contributed by atoms with E-state index in [2.05, 4.69) is 11.8 Å². The SMILES string of the molecule is CCN1CCN(S(=O)(=O)c2cccc3ccoc23)C(C)C1. The lowest BCUT2D eigenvalue weighted by atomic mass is 10.2. The molecule has 3 rings (SSSR count). The van der Waals surface area contributed by atoms with Gasteiger partial charge in [0.1, 0.15) is 4.90 Å². The summed E-state index contributed by atoms with van der Waals surface area (Å²) >= 11 is 0. The Morgan fingerprint density at radius 2 is 2.10 bits per heavy atom. The largest absolute Gasteiger partial charge is 0.463 e. The fourth-order valence-corrected chi connectivity index (χ4v) is 4.72. The van der Waals surface area contributed by atoms with Gasteiger partial charge < -0.3 is 9.32 Å². The van der Waals surface area contributed by atoms with Crippen molar-refractivity contribution >= 4 is 21.0 Å². The maximum absolute atomic E-state index is 13.0. The van der Waals surface area contributed by atoms with Gasteiger partial charge in [-0.2, -0.15) is 4.31 Å². The van der Waals surface area contributed by atoms with E-state index in [9.17, 15) is 8.42 Å². The highest BCUT2D eigenvalue weighted by Crippen LogP contribution is 2.28. The summed E-state index contributed by atoms with van der Waals surface area (Å²) in [7, 11) is -3.53. The van der Waals surface area contributed by atoms with Gasteiger partial charge in [0.25, 0.3) is 0 Å². The zero-order chi connectivity index (χ0) is 15.0. The van der Waals surface area contributed by atoms with Crippen molar-refractivity contribution in [1.29, 1.82) is 0 Å². The maximum atomic E-state index is 13.0. The number of piperazine rings is 1. The second kappa shape index (κ2) is 5.44. The van der Waals surface area contributed by atoms with Crippen LogP contribution in [0.4, 0.5) is 0 Å². The van der Waals surface area contributed by atoms with Gasteiger partial charge in [0.15, 0.2) is 5.58 Å². The molecular formula is C15H20N2O3S. The predicted molar refractivity (Wildman–Crippen MR) is 81.7 cm³/mol. The summed E-state index contributed by atoms with van der Waals surface area (Å²) in [5, 5.41) is 0.816. The predicted octanol–water partition coefficient (Wildman–Crippen LogP) is 2.15. The number of sulfonamides is 1. The average Bonchev–Trinajstić information content (AvgIpc) is 2.94. The molecule has 0 amide bonds. The number of hydrogen-bond acceptors (Lipinski definition) is 4. The molecule has 5 nitrogen and oxygen atoms in total. The molecule has 1 saturated heterocycles. The Hall–Kier alpha value is -1.37. The third kappa shape index (κ3) is 2.47. The van der Waals surface area contributed by atoms with Crippen LogP contribution in [-0.2, 0) is 10.0 Å². The average molecular weight is 308 g/mol. The number of nitrogens with zero attached hydrogens (tertiary/aromatic N) is 2. The monoisotopic (exact) mass is 308 g/mol. The fourth-order valence-electron chi connectivity index (χ4n) is 2.96. The van der Waals surface area contributed by atoms with E-state index in [4.69, 9.17) is 4.42 Å². The van der Waals surface area contributed by atoms with E-state index in [1.807, 2.05) is 13.0 Å². The zero-order valence-electron chi connectivity index (χ0n) is 12.3. The minimum Gasteiger partial charge on any atom is -0.463 e. The van der Waals surface area contributed by atoms with Crippen LogP contribution in [0, 0.1) is 0 Å². The number of hydrogen-bond donors (Lipinski definition) is 0. The standard InChI is InChI=1S/C15H20N2O3S/c1-3-16-8-9-17(12(2)11-16)21(18,19)14-6-4-5-13-7-10-20-15(13)14/h4-7,10,12H,3,8-9,11H2,1-2H3. The van der Waals surface area contributed by atoms with Gasteiger partial charge in [-0.05, 0) is 25.6 Å². The Morgan fingerprint density at radius 3 is 2.81 bits per heavy atom. The number of fused-ring (bicyclic) bond motifs is 1. The molecule has 0 spiro atoms. The van der Waals surface area contributed by atoms with Crippen molar-refractivity contribution in [2.45, 2.75) is 24.8 Å². The van der Waals surface area contributed by atoms with Crippen LogP contribution in [0.2, 0.25) is 0 Å². The third-order valence-corrected chi connectivity index (χ3v) is 6.16. The highest BCUT2D eigenvalue weighted by Gasteiger charge is 2.34. The summed E-state index contributed by atoms with van der Waals surface area (Å²) in [6, 6.07) is 7.00. The molecule has 6 heteroatoms. The van der Waals surface area contributed by atoms with Crippen molar-refractivity contribution < 1.29 is 12.8 Å². The molecule has 1 aliphatic rings. The van der Waals surface area contributed by atoms with Crippen LogP contribution in [0.5, 0.6) is 0 Å². The molecule has 21 heavy (non-hydrogen) atoms. The van der Waals surface area contributed by atoms with Gasteiger partial charge in [0.2, 0.25) is 10.0 Å². The molecule has 1 aliphatic heterocycles. The van der Waals surface area contributed by atoms with Crippen LogP contribution >= 0.6 is 0 Å². The number of furan rings is 1. The van der Waals surface area contributed by atoms with Crippen LogP contribution in [0.15, 0.2) is 39.8 Å². The van der Waals surface area contributed by atoms with Crippen molar-refractivity contribution in [3.8, 4) is 0 Å². The lowest BCUT2D eigenvalue weighted by Gasteiger charge is -2.38. The number of rotatable bonds is 3. The number of benzene rings is 1. The Kier molecular flexibility index (Phi) is 3.77. The summed E-state index contributed by atoms with van der Waals surface area (Å²) in [6.45, 7) is 7.07. The highest BCUT2D eigenvalue weighted by atomic mass is 32.2. The Labute approximate surface area is 125 Å². The topological polar surface area (TPSA) is 53.8 Å². The van der Waals surface area contributed by atoms with E-state index in [0.717, 1.165) is 25.0 Å². The Balaban J connectivity index is 1.99. The van der Waals surface area contributed by atoms with Gasteiger partial charge in [-0.25, -0.2) is 8.42 Å². The molecule has 114 valence electrons. The van der Waals surface area contributed by atoms with Crippen LogP contribution in [0.1, 0.15) is 13.8 Å². The Morgan fingerprint density at radius 1 is 1.29 bits per heavy atom. The van der Waals surface area contributed by atoms with Gasteiger partial charge in [0, 0.05) is 31.1 Å². The van der Waals surface area contributed by atoms with Gasteiger partial charge in [0.05, 0.1) is 6.26 Å². The van der Waals surface area contributed by atoms with Crippen molar-refractivity contribution in [2.24, 2.45) is 0 Å². The zero-order valence-corrected chi connectivity index (χ0v) is 13.1. The van der Waals surface area contributed by atoms with Gasteiger partial charge in [-0.3, -0.25) is 0 Å². The van der Waals surface area contributed by atoms with Crippen molar-refractivity contribution in [1.82, 2.24) is 9.21 Å². The Bertz CT molecular complexity index is 738. The number of para-hydroxylation sites is 1. The summed E-state index contributed by atoms with van der Waals surface area (Å²) in [6.07, 6.45) is 1.53. The summed E-state index contributed by atoms with van der Waals surface area (Å²) < 4.78 is 32.9. The van der Waals surface area contributed by atoms with E-state index in [1.54, 1.807) is 22.5 Å². The molecule has 1 fully saturated rings. The second-order valence-corrected chi connectivity index (χ2v) is 7.31. The molecule has 0 bridgehead atoms. The fraction of sp³-hybridized carbons (Fsp3) is 0.467. The molecule has 1 aromatic carbocycles. The molecular weight excluding hydrogens is 288 g/mol. The smallest absolute Gasteiger partial charge is 0.247 e. The van der Waals surface area contributed by atoms with Gasteiger partial charge in [-0.15, -0.1) is 0 Å². The van der Waals surface area contributed by atoms with E-state index < -0.39 is 10.0 Å². The van der Waals surface area contributed by atoms with Gasteiger partial charge >= 0.3 is 0 Å². The van der Waals surface area contributed by atoms with E-state index in [0.29, 0.717) is 12.1 Å². The summed E-state index contributed by atoms with van der Waals surface area (Å²) in [5.41, 5.74) is 0.447.